The van der Waals surface area contributed by atoms with E-state index in [9.17, 15) is 8.42 Å². The van der Waals surface area contributed by atoms with Crippen molar-refractivity contribution in [3.63, 3.8) is 0 Å². The van der Waals surface area contributed by atoms with Gasteiger partial charge in [-0.15, -0.1) is 0 Å². The van der Waals surface area contributed by atoms with Gasteiger partial charge in [0.15, 0.2) is 15.7 Å². The Morgan fingerprint density at radius 1 is 1.43 bits per heavy atom. The molecule has 0 fully saturated rings. The van der Waals surface area contributed by atoms with Crippen LogP contribution < -0.4 is 5.73 Å². The number of nitrogens with two attached hydrogens (primary N) is 1. The smallest absolute Gasteiger partial charge is 0.179 e. The number of oxime groups is 1. The SMILES string of the molecule is CCN(CCS(=O)(=O)c1cccc(/C(N)=N/O)c1)C(C)C. The van der Waals surface area contributed by atoms with E-state index in [1.54, 1.807) is 12.1 Å². The van der Waals surface area contributed by atoms with E-state index in [4.69, 9.17) is 10.9 Å². The topological polar surface area (TPSA) is 96.0 Å². The molecule has 7 heteroatoms. The fraction of sp³-hybridized carbons (Fsp3) is 0.500. The highest BCUT2D eigenvalue weighted by molar-refractivity contribution is 7.91. The average molecular weight is 313 g/mol. The summed E-state index contributed by atoms with van der Waals surface area (Å²) in [6.45, 7) is 7.36. The van der Waals surface area contributed by atoms with Crippen LogP contribution in [-0.2, 0) is 9.84 Å². The van der Waals surface area contributed by atoms with E-state index in [0.717, 1.165) is 6.54 Å². The quantitative estimate of drug-likeness (QED) is 0.342. The molecule has 0 saturated heterocycles. The van der Waals surface area contributed by atoms with Crippen molar-refractivity contribution in [3.8, 4) is 0 Å². The molecule has 1 aromatic rings. The van der Waals surface area contributed by atoms with Gasteiger partial charge >= 0.3 is 0 Å². The van der Waals surface area contributed by atoms with Crippen LogP contribution in [0.4, 0.5) is 0 Å². The molecule has 1 aromatic carbocycles. The lowest BCUT2D eigenvalue weighted by Gasteiger charge is -2.24. The number of amidine groups is 1. The molecule has 0 amide bonds. The Morgan fingerprint density at radius 3 is 2.62 bits per heavy atom. The zero-order valence-corrected chi connectivity index (χ0v) is 13.5. The second-order valence-electron chi connectivity index (χ2n) is 5.05. The highest BCUT2D eigenvalue weighted by atomic mass is 32.2. The normalized spacial score (nSPS) is 13.1. The molecule has 3 N–H and O–H groups in total. The Labute approximate surface area is 126 Å². The number of sulfone groups is 1. The van der Waals surface area contributed by atoms with E-state index in [1.165, 1.54) is 12.1 Å². The monoisotopic (exact) mass is 313 g/mol. The van der Waals surface area contributed by atoms with E-state index in [0.29, 0.717) is 18.2 Å². The number of nitrogens with zero attached hydrogens (tertiary/aromatic N) is 2. The maximum absolute atomic E-state index is 12.4. The predicted octanol–water partition coefficient (Wildman–Crippen LogP) is 1.29. The summed E-state index contributed by atoms with van der Waals surface area (Å²) in [6, 6.07) is 6.43. The van der Waals surface area contributed by atoms with Gasteiger partial charge in [-0.3, -0.25) is 0 Å². The first kappa shape index (κ1) is 17.5. The summed E-state index contributed by atoms with van der Waals surface area (Å²) in [5.41, 5.74) is 5.87. The van der Waals surface area contributed by atoms with E-state index < -0.39 is 9.84 Å². The zero-order valence-electron chi connectivity index (χ0n) is 12.7. The van der Waals surface area contributed by atoms with E-state index >= 15 is 0 Å². The van der Waals surface area contributed by atoms with Gasteiger partial charge in [0.1, 0.15) is 0 Å². The van der Waals surface area contributed by atoms with Gasteiger partial charge in [-0.1, -0.05) is 24.2 Å². The fourth-order valence-electron chi connectivity index (χ4n) is 2.04. The molecule has 1 rings (SSSR count). The Kier molecular flexibility index (Phi) is 6.17. The summed E-state index contributed by atoms with van der Waals surface area (Å²) in [5, 5.41) is 11.5. The molecule has 0 bridgehead atoms. The van der Waals surface area contributed by atoms with Gasteiger partial charge in [0, 0.05) is 18.2 Å². The van der Waals surface area contributed by atoms with Crippen LogP contribution >= 0.6 is 0 Å². The minimum Gasteiger partial charge on any atom is -0.409 e. The summed E-state index contributed by atoms with van der Waals surface area (Å²) >= 11 is 0. The van der Waals surface area contributed by atoms with Crippen molar-refractivity contribution >= 4 is 15.7 Å². The van der Waals surface area contributed by atoms with Gasteiger partial charge in [0.25, 0.3) is 0 Å². The van der Waals surface area contributed by atoms with E-state index in [1.807, 2.05) is 20.8 Å². The first-order chi connectivity index (χ1) is 9.81. The molecule has 118 valence electrons. The Balaban J connectivity index is 2.93. The summed E-state index contributed by atoms with van der Waals surface area (Å²) in [4.78, 5) is 2.27. The van der Waals surface area contributed by atoms with E-state index in [-0.39, 0.29) is 16.5 Å². The maximum atomic E-state index is 12.4. The summed E-state index contributed by atoms with van der Waals surface area (Å²) in [7, 11) is -3.40. The number of rotatable bonds is 7. The molecule has 0 heterocycles. The second-order valence-corrected chi connectivity index (χ2v) is 7.16. The number of hydrogen-bond donors (Lipinski definition) is 2. The van der Waals surface area contributed by atoms with Crippen LogP contribution in [0.2, 0.25) is 0 Å². The zero-order chi connectivity index (χ0) is 16.0. The van der Waals surface area contributed by atoms with Gasteiger partial charge < -0.3 is 15.8 Å². The Bertz CT molecular complexity index is 597. The van der Waals surface area contributed by atoms with Crippen molar-refractivity contribution in [2.75, 3.05) is 18.8 Å². The molecule has 6 nitrogen and oxygen atoms in total. The summed E-state index contributed by atoms with van der Waals surface area (Å²) in [5.74, 6) is -0.0667. The molecule has 0 aromatic heterocycles. The van der Waals surface area contributed by atoms with Crippen LogP contribution in [0.15, 0.2) is 34.3 Å². The van der Waals surface area contributed by atoms with Crippen LogP contribution in [0.25, 0.3) is 0 Å². The molecule has 0 radical (unpaired) electrons. The third-order valence-corrected chi connectivity index (χ3v) is 5.07. The number of benzene rings is 1. The molecule has 0 aliphatic carbocycles. The van der Waals surface area contributed by atoms with Crippen molar-refractivity contribution < 1.29 is 13.6 Å². The lowest BCUT2D eigenvalue weighted by molar-refractivity contribution is 0.247. The van der Waals surface area contributed by atoms with Gasteiger partial charge in [0.2, 0.25) is 0 Å². The van der Waals surface area contributed by atoms with E-state index in [2.05, 4.69) is 10.1 Å². The van der Waals surface area contributed by atoms with Gasteiger partial charge in [-0.05, 0) is 32.5 Å². The average Bonchev–Trinajstić information content (AvgIpc) is 2.46. The van der Waals surface area contributed by atoms with Crippen LogP contribution in [0.5, 0.6) is 0 Å². The molecule has 21 heavy (non-hydrogen) atoms. The Morgan fingerprint density at radius 2 is 2.10 bits per heavy atom. The lowest BCUT2D eigenvalue weighted by Crippen LogP contribution is -2.34. The molecule has 0 aliphatic rings. The fourth-order valence-corrected chi connectivity index (χ4v) is 3.35. The molecule has 0 saturated carbocycles. The highest BCUT2D eigenvalue weighted by Gasteiger charge is 2.18. The van der Waals surface area contributed by atoms with Crippen molar-refractivity contribution in [2.45, 2.75) is 31.7 Å². The van der Waals surface area contributed by atoms with Gasteiger partial charge in [-0.2, -0.15) is 0 Å². The minimum absolute atomic E-state index is 0.0403. The molecule has 0 unspecified atom stereocenters. The maximum Gasteiger partial charge on any atom is 0.179 e. The van der Waals surface area contributed by atoms with Crippen LogP contribution in [-0.4, -0.2) is 49.2 Å². The highest BCUT2D eigenvalue weighted by Crippen LogP contribution is 2.14. The van der Waals surface area contributed by atoms with Crippen molar-refractivity contribution in [1.29, 1.82) is 0 Å². The van der Waals surface area contributed by atoms with Gasteiger partial charge in [-0.25, -0.2) is 8.42 Å². The lowest BCUT2D eigenvalue weighted by atomic mass is 10.2. The first-order valence-corrected chi connectivity index (χ1v) is 8.51. The standard InChI is InChI=1S/C14H23N3O3S/c1-4-17(11(2)3)8-9-21(19,20)13-7-5-6-12(10-13)14(15)16-18/h5-7,10-11,18H,4,8-9H2,1-3H3,(H2,15,16). The van der Waals surface area contributed by atoms with Crippen molar-refractivity contribution in [1.82, 2.24) is 4.90 Å². The number of hydrogen-bond acceptors (Lipinski definition) is 5. The predicted molar refractivity (Wildman–Crippen MR) is 83.4 cm³/mol. The van der Waals surface area contributed by atoms with Crippen LogP contribution in [0.3, 0.4) is 0 Å². The third-order valence-electron chi connectivity index (χ3n) is 3.38. The van der Waals surface area contributed by atoms with Crippen LogP contribution in [0.1, 0.15) is 26.3 Å². The Hall–Kier alpha value is -1.60. The molecule has 0 atom stereocenters. The molecule has 0 aliphatic heterocycles. The molecular weight excluding hydrogens is 290 g/mol. The third kappa shape index (κ3) is 4.71. The molecule has 0 spiro atoms. The van der Waals surface area contributed by atoms with Crippen LogP contribution in [0, 0.1) is 0 Å². The molecular formula is C14H23N3O3S. The second kappa shape index (κ2) is 7.42. The summed E-state index contributed by atoms with van der Waals surface area (Å²) in [6.07, 6.45) is 0. The van der Waals surface area contributed by atoms with Crippen molar-refractivity contribution in [3.05, 3.63) is 29.8 Å². The minimum atomic E-state index is -3.40. The summed E-state index contributed by atoms with van der Waals surface area (Å²) < 4.78 is 24.7. The van der Waals surface area contributed by atoms with Crippen molar-refractivity contribution in [2.24, 2.45) is 10.9 Å². The largest absolute Gasteiger partial charge is 0.409 e. The first-order valence-electron chi connectivity index (χ1n) is 6.86. The van der Waals surface area contributed by atoms with Gasteiger partial charge in [0.05, 0.1) is 10.6 Å².